The lowest BCUT2D eigenvalue weighted by molar-refractivity contribution is -0.117. The van der Waals surface area contributed by atoms with Crippen LogP contribution >= 0.6 is 11.6 Å². The van der Waals surface area contributed by atoms with Gasteiger partial charge in [-0.05, 0) is 73.2 Å². The van der Waals surface area contributed by atoms with Gasteiger partial charge < -0.3 is 4.90 Å². The lowest BCUT2D eigenvalue weighted by atomic mass is 10.3. The van der Waals surface area contributed by atoms with E-state index in [4.69, 9.17) is 11.6 Å². The Hall–Kier alpha value is -3.08. The minimum Gasteiger partial charge on any atom is -0.312 e. The number of nitrogens with zero attached hydrogens (tertiary/aromatic N) is 1. The zero-order valence-corrected chi connectivity index (χ0v) is 19.6. The number of halogens is 1. The number of anilines is 3. The molecule has 0 saturated carbocycles. The van der Waals surface area contributed by atoms with Crippen molar-refractivity contribution in [2.75, 3.05) is 20.9 Å². The van der Waals surface area contributed by atoms with Crippen molar-refractivity contribution in [3.63, 3.8) is 0 Å². The van der Waals surface area contributed by atoms with Crippen molar-refractivity contribution in [1.82, 2.24) is 0 Å². The van der Waals surface area contributed by atoms with Gasteiger partial charge >= 0.3 is 0 Å². The summed E-state index contributed by atoms with van der Waals surface area (Å²) < 4.78 is 55.4. The molecule has 1 heterocycles. The van der Waals surface area contributed by atoms with Crippen LogP contribution in [0, 0.1) is 0 Å². The van der Waals surface area contributed by atoms with Crippen LogP contribution in [-0.2, 0) is 24.8 Å². The number of benzene rings is 3. The van der Waals surface area contributed by atoms with Crippen LogP contribution in [0.5, 0.6) is 0 Å². The molecule has 0 bridgehead atoms. The van der Waals surface area contributed by atoms with Crippen molar-refractivity contribution in [1.29, 1.82) is 0 Å². The Morgan fingerprint density at radius 2 is 1.33 bits per heavy atom. The maximum absolute atomic E-state index is 12.7. The Kier molecular flexibility index (Phi) is 6.33. The predicted octanol–water partition coefficient (Wildman–Crippen LogP) is 4.07. The van der Waals surface area contributed by atoms with Gasteiger partial charge in [-0.3, -0.25) is 14.2 Å². The van der Waals surface area contributed by atoms with Crippen LogP contribution in [0.15, 0.2) is 82.6 Å². The second-order valence-corrected chi connectivity index (χ2v) is 11.2. The first kappa shape index (κ1) is 23.1. The summed E-state index contributed by atoms with van der Waals surface area (Å²) in [6.07, 6.45) is 1.27. The molecule has 1 amide bonds. The minimum absolute atomic E-state index is 0.0172. The maximum atomic E-state index is 12.7. The highest BCUT2D eigenvalue weighted by atomic mass is 35.5. The zero-order valence-electron chi connectivity index (χ0n) is 17.2. The number of sulfonamides is 2. The summed E-state index contributed by atoms with van der Waals surface area (Å²) in [4.78, 5) is 13.5. The SMILES string of the molecule is O=C1CCCN1c1ccc(S(=O)(=O)Nc2ccc(S(=O)(=O)Nc3cccc(Cl)c3)cc2)cc1. The van der Waals surface area contributed by atoms with E-state index < -0.39 is 20.0 Å². The smallest absolute Gasteiger partial charge is 0.261 e. The summed E-state index contributed by atoms with van der Waals surface area (Å²) in [7, 11) is -7.78. The molecule has 0 radical (unpaired) electrons. The van der Waals surface area contributed by atoms with Gasteiger partial charge in [0.25, 0.3) is 20.0 Å². The first-order valence-electron chi connectivity index (χ1n) is 9.96. The van der Waals surface area contributed by atoms with Crippen molar-refractivity contribution in [2.24, 2.45) is 0 Å². The maximum Gasteiger partial charge on any atom is 0.261 e. The highest BCUT2D eigenvalue weighted by Crippen LogP contribution is 2.25. The Bertz CT molecular complexity index is 1390. The molecule has 1 aliphatic rings. The highest BCUT2D eigenvalue weighted by molar-refractivity contribution is 7.93. The van der Waals surface area contributed by atoms with Gasteiger partial charge in [-0.2, -0.15) is 0 Å². The first-order valence-corrected chi connectivity index (χ1v) is 13.3. The molecule has 33 heavy (non-hydrogen) atoms. The number of carbonyl (C=O) groups is 1. The molecule has 11 heteroatoms. The van der Waals surface area contributed by atoms with Crippen molar-refractivity contribution in [3.8, 4) is 0 Å². The van der Waals surface area contributed by atoms with Gasteiger partial charge in [0.1, 0.15) is 0 Å². The van der Waals surface area contributed by atoms with E-state index in [0.717, 1.165) is 6.42 Å². The van der Waals surface area contributed by atoms with Gasteiger partial charge in [0.15, 0.2) is 0 Å². The van der Waals surface area contributed by atoms with Gasteiger partial charge in [-0.15, -0.1) is 0 Å². The molecule has 1 fully saturated rings. The highest BCUT2D eigenvalue weighted by Gasteiger charge is 2.23. The Morgan fingerprint density at radius 1 is 0.758 bits per heavy atom. The van der Waals surface area contributed by atoms with E-state index in [0.29, 0.717) is 29.4 Å². The fraction of sp³-hybridized carbons (Fsp3) is 0.136. The van der Waals surface area contributed by atoms with E-state index in [1.54, 1.807) is 35.2 Å². The van der Waals surface area contributed by atoms with E-state index in [9.17, 15) is 21.6 Å². The van der Waals surface area contributed by atoms with Crippen LogP contribution in [0.3, 0.4) is 0 Å². The van der Waals surface area contributed by atoms with Crippen LogP contribution in [-0.4, -0.2) is 29.3 Å². The molecule has 2 N–H and O–H groups in total. The average Bonchev–Trinajstić information content (AvgIpc) is 3.19. The first-order chi connectivity index (χ1) is 15.6. The fourth-order valence-electron chi connectivity index (χ4n) is 3.41. The topological polar surface area (TPSA) is 113 Å². The third-order valence-electron chi connectivity index (χ3n) is 5.03. The van der Waals surface area contributed by atoms with E-state index in [-0.39, 0.29) is 21.4 Å². The summed E-state index contributed by atoms with van der Waals surface area (Å²) in [5.41, 5.74) is 1.17. The second-order valence-electron chi connectivity index (χ2n) is 7.39. The van der Waals surface area contributed by atoms with E-state index >= 15 is 0 Å². The number of nitrogens with one attached hydrogen (secondary N) is 2. The summed E-state index contributed by atoms with van der Waals surface area (Å²) >= 11 is 5.88. The molecule has 0 aliphatic carbocycles. The molecule has 1 saturated heterocycles. The van der Waals surface area contributed by atoms with Crippen LogP contribution in [0.2, 0.25) is 5.02 Å². The quantitative estimate of drug-likeness (QED) is 0.502. The standard InChI is InChI=1S/C22H20ClN3O5S2/c23-16-3-1-4-18(15-16)25-33(30,31)20-10-6-17(7-11-20)24-32(28,29)21-12-8-19(9-13-21)26-14-2-5-22(26)27/h1,3-4,6-13,15,24-25H,2,5,14H2. The van der Waals surface area contributed by atoms with Crippen molar-refractivity contribution < 1.29 is 21.6 Å². The Morgan fingerprint density at radius 3 is 1.88 bits per heavy atom. The number of rotatable bonds is 7. The molecule has 8 nitrogen and oxygen atoms in total. The molecule has 1 aliphatic heterocycles. The fourth-order valence-corrected chi connectivity index (χ4v) is 5.71. The summed E-state index contributed by atoms with van der Waals surface area (Å²) in [6.45, 7) is 0.616. The Balaban J connectivity index is 1.47. The number of hydrogen-bond donors (Lipinski definition) is 2. The summed E-state index contributed by atoms with van der Waals surface area (Å²) in [6, 6.07) is 17.6. The van der Waals surface area contributed by atoms with E-state index in [1.165, 1.54) is 42.5 Å². The molecular weight excluding hydrogens is 486 g/mol. The normalized spacial score (nSPS) is 14.3. The predicted molar refractivity (Wildman–Crippen MR) is 128 cm³/mol. The van der Waals surface area contributed by atoms with Gasteiger partial charge in [0, 0.05) is 29.4 Å². The van der Waals surface area contributed by atoms with Crippen LogP contribution < -0.4 is 14.3 Å². The third-order valence-corrected chi connectivity index (χ3v) is 8.06. The lowest BCUT2D eigenvalue weighted by Gasteiger charge is -2.16. The van der Waals surface area contributed by atoms with E-state index in [2.05, 4.69) is 9.44 Å². The Labute approximate surface area is 197 Å². The molecule has 0 unspecified atom stereocenters. The molecular formula is C22H20ClN3O5S2. The molecule has 4 rings (SSSR count). The molecule has 3 aromatic carbocycles. The van der Waals surface area contributed by atoms with E-state index in [1.807, 2.05) is 0 Å². The monoisotopic (exact) mass is 505 g/mol. The number of carbonyl (C=O) groups excluding carboxylic acids is 1. The van der Waals surface area contributed by atoms with Gasteiger partial charge in [-0.1, -0.05) is 17.7 Å². The molecule has 0 spiro atoms. The van der Waals surface area contributed by atoms with Crippen LogP contribution in [0.4, 0.5) is 17.1 Å². The van der Waals surface area contributed by atoms with Gasteiger partial charge in [-0.25, -0.2) is 16.8 Å². The number of amides is 1. The average molecular weight is 506 g/mol. The van der Waals surface area contributed by atoms with Crippen LogP contribution in [0.25, 0.3) is 0 Å². The lowest BCUT2D eigenvalue weighted by Crippen LogP contribution is -2.23. The van der Waals surface area contributed by atoms with Gasteiger partial charge in [0.05, 0.1) is 15.5 Å². The summed E-state index contributed by atoms with van der Waals surface area (Å²) in [5.74, 6) is 0.0172. The minimum atomic E-state index is -3.90. The van der Waals surface area contributed by atoms with Crippen molar-refractivity contribution in [3.05, 3.63) is 77.8 Å². The van der Waals surface area contributed by atoms with Crippen molar-refractivity contribution in [2.45, 2.75) is 22.6 Å². The number of hydrogen-bond acceptors (Lipinski definition) is 5. The molecule has 172 valence electrons. The van der Waals surface area contributed by atoms with Gasteiger partial charge in [0.2, 0.25) is 5.91 Å². The molecule has 3 aromatic rings. The second kappa shape index (κ2) is 9.05. The third kappa shape index (κ3) is 5.29. The van der Waals surface area contributed by atoms with Crippen LogP contribution in [0.1, 0.15) is 12.8 Å². The summed E-state index contributed by atoms with van der Waals surface area (Å²) in [5, 5.41) is 0.389. The molecule has 0 atom stereocenters. The van der Waals surface area contributed by atoms with Crippen molar-refractivity contribution >= 4 is 54.6 Å². The zero-order chi connectivity index (χ0) is 23.6. The molecule has 0 aromatic heterocycles. The largest absolute Gasteiger partial charge is 0.312 e.